The smallest absolute Gasteiger partial charge is 0.274 e. The molecule has 1 aromatic carbocycles. The van der Waals surface area contributed by atoms with Crippen LogP contribution < -0.4 is 5.32 Å². The van der Waals surface area contributed by atoms with Crippen LogP contribution in [0, 0.1) is 6.92 Å². The van der Waals surface area contributed by atoms with Crippen molar-refractivity contribution in [2.75, 3.05) is 5.32 Å². The molecule has 0 radical (unpaired) electrons. The molecule has 122 valence electrons. The van der Waals surface area contributed by atoms with Gasteiger partial charge in [-0.3, -0.25) is 14.3 Å². The molecular weight excluding hydrogens is 316 g/mol. The highest BCUT2D eigenvalue weighted by Crippen LogP contribution is 2.17. The van der Waals surface area contributed by atoms with Crippen LogP contribution in [-0.4, -0.2) is 30.4 Å². The van der Waals surface area contributed by atoms with Crippen LogP contribution in [0.25, 0.3) is 16.7 Å². The molecule has 0 aliphatic rings. The Kier molecular flexibility index (Phi) is 3.66. The van der Waals surface area contributed by atoms with Crippen LogP contribution >= 0.6 is 0 Å². The van der Waals surface area contributed by atoms with Gasteiger partial charge in [-0.2, -0.15) is 0 Å². The first kappa shape index (κ1) is 14.9. The lowest BCUT2D eigenvalue weighted by molar-refractivity contribution is 0.102. The molecule has 1 N–H and O–H groups in total. The van der Waals surface area contributed by atoms with Crippen molar-refractivity contribution in [3.63, 3.8) is 0 Å². The molecule has 3 aromatic heterocycles. The normalized spacial score (nSPS) is 10.8. The summed E-state index contributed by atoms with van der Waals surface area (Å²) in [7, 11) is 0. The van der Waals surface area contributed by atoms with Gasteiger partial charge in [0.05, 0.1) is 18.1 Å². The van der Waals surface area contributed by atoms with E-state index in [1.807, 2.05) is 37.3 Å². The molecule has 1 amide bonds. The van der Waals surface area contributed by atoms with E-state index in [0.717, 1.165) is 16.6 Å². The van der Waals surface area contributed by atoms with Crippen molar-refractivity contribution in [3.8, 4) is 5.95 Å². The minimum absolute atomic E-state index is 0.299. The largest absolute Gasteiger partial charge is 0.318 e. The molecule has 0 aliphatic heterocycles. The number of nitrogens with zero attached hydrogens (tertiary/aromatic N) is 5. The SMILES string of the molecule is Cc1nccn1-c1ncc(NC(=O)c2nccc3ccccc23)cn1. The third kappa shape index (κ3) is 2.83. The van der Waals surface area contributed by atoms with Gasteiger partial charge in [0.15, 0.2) is 0 Å². The monoisotopic (exact) mass is 330 g/mol. The molecule has 0 spiro atoms. The van der Waals surface area contributed by atoms with Crippen LogP contribution in [0.3, 0.4) is 0 Å². The lowest BCUT2D eigenvalue weighted by Gasteiger charge is -2.08. The number of pyridine rings is 1. The molecule has 4 aromatic rings. The van der Waals surface area contributed by atoms with Gasteiger partial charge in [0.1, 0.15) is 11.5 Å². The zero-order chi connectivity index (χ0) is 17.2. The minimum atomic E-state index is -0.299. The Hall–Kier alpha value is -3.61. The number of nitrogens with one attached hydrogen (secondary N) is 1. The van der Waals surface area contributed by atoms with E-state index in [1.165, 1.54) is 0 Å². The predicted octanol–water partition coefficient (Wildman–Crippen LogP) is 2.77. The molecule has 0 unspecified atom stereocenters. The number of imidazole rings is 1. The first-order valence-electron chi connectivity index (χ1n) is 7.70. The lowest BCUT2D eigenvalue weighted by Crippen LogP contribution is -2.15. The van der Waals surface area contributed by atoms with Gasteiger partial charge < -0.3 is 5.32 Å². The number of carbonyl (C=O) groups is 1. The Morgan fingerprint density at radius 2 is 1.80 bits per heavy atom. The predicted molar refractivity (Wildman–Crippen MR) is 93.6 cm³/mol. The third-order valence-electron chi connectivity index (χ3n) is 3.83. The van der Waals surface area contributed by atoms with Crippen molar-refractivity contribution in [2.24, 2.45) is 0 Å². The molecule has 0 fully saturated rings. The number of hydrogen-bond acceptors (Lipinski definition) is 5. The van der Waals surface area contributed by atoms with Crippen LogP contribution in [0.1, 0.15) is 16.3 Å². The molecule has 7 nitrogen and oxygen atoms in total. The fourth-order valence-corrected chi connectivity index (χ4v) is 2.59. The number of aromatic nitrogens is 5. The van der Waals surface area contributed by atoms with Crippen LogP contribution in [-0.2, 0) is 0 Å². The molecule has 4 rings (SSSR count). The van der Waals surface area contributed by atoms with Gasteiger partial charge in [0.2, 0.25) is 5.95 Å². The van der Waals surface area contributed by atoms with E-state index < -0.39 is 0 Å². The van der Waals surface area contributed by atoms with E-state index >= 15 is 0 Å². The summed E-state index contributed by atoms with van der Waals surface area (Å²) in [5.74, 6) is 0.986. The van der Waals surface area contributed by atoms with Gasteiger partial charge in [-0.1, -0.05) is 24.3 Å². The molecule has 0 saturated carbocycles. The summed E-state index contributed by atoms with van der Waals surface area (Å²) in [5, 5.41) is 4.55. The van der Waals surface area contributed by atoms with Gasteiger partial charge in [0.25, 0.3) is 5.91 Å². The summed E-state index contributed by atoms with van der Waals surface area (Å²) in [4.78, 5) is 29.4. The number of fused-ring (bicyclic) bond motifs is 1. The quantitative estimate of drug-likeness (QED) is 0.624. The summed E-state index contributed by atoms with van der Waals surface area (Å²) in [6.45, 7) is 1.87. The van der Waals surface area contributed by atoms with Crippen molar-refractivity contribution >= 4 is 22.4 Å². The zero-order valence-electron chi connectivity index (χ0n) is 13.4. The molecule has 0 saturated heterocycles. The number of anilines is 1. The third-order valence-corrected chi connectivity index (χ3v) is 3.83. The van der Waals surface area contributed by atoms with Gasteiger partial charge in [-0.25, -0.2) is 15.0 Å². The Morgan fingerprint density at radius 1 is 1.00 bits per heavy atom. The van der Waals surface area contributed by atoms with Gasteiger partial charge >= 0.3 is 0 Å². The summed E-state index contributed by atoms with van der Waals surface area (Å²) in [6, 6.07) is 9.50. The minimum Gasteiger partial charge on any atom is -0.318 e. The second kappa shape index (κ2) is 6.12. The number of benzene rings is 1. The highest BCUT2D eigenvalue weighted by molar-refractivity contribution is 6.11. The molecule has 3 heterocycles. The summed E-state index contributed by atoms with van der Waals surface area (Å²) in [6.07, 6.45) is 8.21. The molecule has 0 atom stereocenters. The maximum atomic E-state index is 12.6. The highest BCUT2D eigenvalue weighted by atomic mass is 16.1. The molecular formula is C18H14N6O. The number of aryl methyl sites for hydroxylation is 1. The van der Waals surface area contributed by atoms with Crippen LogP contribution in [0.5, 0.6) is 0 Å². The fourth-order valence-electron chi connectivity index (χ4n) is 2.59. The Balaban J connectivity index is 1.59. The van der Waals surface area contributed by atoms with E-state index in [4.69, 9.17) is 0 Å². The second-order valence-electron chi connectivity index (χ2n) is 5.45. The van der Waals surface area contributed by atoms with Crippen molar-refractivity contribution in [3.05, 3.63) is 72.8 Å². The van der Waals surface area contributed by atoms with E-state index in [-0.39, 0.29) is 5.91 Å². The lowest BCUT2D eigenvalue weighted by atomic mass is 10.1. The Morgan fingerprint density at radius 3 is 2.56 bits per heavy atom. The second-order valence-corrected chi connectivity index (χ2v) is 5.45. The Labute approximate surface area is 143 Å². The maximum Gasteiger partial charge on any atom is 0.274 e. The van der Waals surface area contributed by atoms with Crippen LogP contribution in [0.4, 0.5) is 5.69 Å². The first-order valence-corrected chi connectivity index (χ1v) is 7.70. The average molecular weight is 330 g/mol. The topological polar surface area (TPSA) is 85.6 Å². The summed E-state index contributed by atoms with van der Waals surface area (Å²) in [5.41, 5.74) is 0.869. The standard InChI is InChI=1S/C18H14N6O/c1-12-19-8-9-24(12)18-21-10-14(11-22-18)23-17(25)16-15-5-3-2-4-13(15)6-7-20-16/h2-11H,1H3,(H,23,25). The van der Waals surface area contributed by atoms with Gasteiger partial charge in [-0.05, 0) is 18.4 Å². The number of rotatable bonds is 3. The molecule has 25 heavy (non-hydrogen) atoms. The Bertz CT molecular complexity index is 1050. The highest BCUT2D eigenvalue weighted by Gasteiger charge is 2.12. The van der Waals surface area contributed by atoms with Gasteiger partial charge in [-0.15, -0.1) is 0 Å². The first-order chi connectivity index (χ1) is 12.2. The van der Waals surface area contributed by atoms with E-state index in [2.05, 4.69) is 25.3 Å². The average Bonchev–Trinajstić information content (AvgIpc) is 3.08. The van der Waals surface area contributed by atoms with Crippen LogP contribution in [0.15, 0.2) is 61.3 Å². The molecule has 0 aliphatic carbocycles. The summed E-state index contributed by atoms with van der Waals surface area (Å²) < 4.78 is 1.76. The van der Waals surface area contributed by atoms with Crippen molar-refractivity contribution in [2.45, 2.75) is 6.92 Å². The van der Waals surface area contributed by atoms with Crippen molar-refractivity contribution < 1.29 is 4.79 Å². The van der Waals surface area contributed by atoms with Crippen molar-refractivity contribution in [1.82, 2.24) is 24.5 Å². The number of hydrogen-bond donors (Lipinski definition) is 1. The van der Waals surface area contributed by atoms with E-state index in [1.54, 1.807) is 35.6 Å². The van der Waals surface area contributed by atoms with Gasteiger partial charge in [0, 0.05) is 24.0 Å². The number of amides is 1. The van der Waals surface area contributed by atoms with Crippen molar-refractivity contribution in [1.29, 1.82) is 0 Å². The van der Waals surface area contributed by atoms with E-state index in [0.29, 0.717) is 17.3 Å². The molecule has 7 heteroatoms. The van der Waals surface area contributed by atoms with Crippen LogP contribution in [0.2, 0.25) is 0 Å². The number of carbonyl (C=O) groups excluding carboxylic acids is 1. The van der Waals surface area contributed by atoms with E-state index in [9.17, 15) is 4.79 Å². The summed E-state index contributed by atoms with van der Waals surface area (Å²) >= 11 is 0. The molecule has 0 bridgehead atoms. The zero-order valence-corrected chi connectivity index (χ0v) is 13.4. The maximum absolute atomic E-state index is 12.6. The fraction of sp³-hybridized carbons (Fsp3) is 0.0556.